The van der Waals surface area contributed by atoms with E-state index in [1.54, 1.807) is 11.3 Å². The lowest BCUT2D eigenvalue weighted by Gasteiger charge is -2.31. The van der Waals surface area contributed by atoms with E-state index >= 15 is 0 Å². The summed E-state index contributed by atoms with van der Waals surface area (Å²) >= 11 is 11.7. The van der Waals surface area contributed by atoms with Crippen molar-refractivity contribution in [2.45, 2.75) is 19.4 Å². The predicted molar refractivity (Wildman–Crippen MR) is 106 cm³/mol. The lowest BCUT2D eigenvalue weighted by Crippen LogP contribution is -2.32. The van der Waals surface area contributed by atoms with Crippen LogP contribution in [0, 0.1) is 0 Å². The molecule has 6 heteroatoms. The molecule has 24 heavy (non-hydrogen) atoms. The average molecular weight is 430 g/mol. The van der Waals surface area contributed by atoms with Gasteiger partial charge in [0.1, 0.15) is 5.75 Å². The first-order valence-electron chi connectivity index (χ1n) is 8.31. The van der Waals surface area contributed by atoms with Crippen molar-refractivity contribution in [2.75, 3.05) is 32.8 Å². The van der Waals surface area contributed by atoms with Gasteiger partial charge in [0.25, 0.3) is 0 Å². The molecule has 0 amide bonds. The summed E-state index contributed by atoms with van der Waals surface area (Å²) in [4.78, 5) is 3.85. The Hall–Kier alpha value is -0.590. The Morgan fingerprint density at radius 1 is 1.29 bits per heavy atom. The van der Waals surface area contributed by atoms with E-state index in [9.17, 15) is 0 Å². The van der Waals surface area contributed by atoms with Crippen LogP contribution in [0.3, 0.4) is 0 Å². The fraction of sp³-hybridized carbons (Fsp3) is 0.444. The molecular weight excluding hydrogens is 408 g/mol. The second kappa shape index (κ2) is 8.68. The highest BCUT2D eigenvalue weighted by molar-refractivity contribution is 9.11. The standard InChI is InChI=1S/C18H22BrClN2OS/c1-2-23-15-5-4-13(20)12-14(15)18(16-6-7-17(19)24-16)22-10-3-8-21-9-11-22/h4-7,12,18,21H,2-3,8-11H2,1H3. The van der Waals surface area contributed by atoms with Crippen molar-refractivity contribution in [1.82, 2.24) is 10.2 Å². The predicted octanol–water partition coefficient (Wildman–Crippen LogP) is 4.95. The van der Waals surface area contributed by atoms with E-state index in [1.165, 1.54) is 4.88 Å². The Bertz CT molecular complexity index is 671. The number of rotatable bonds is 5. The fourth-order valence-corrected chi connectivity index (χ4v) is 4.91. The summed E-state index contributed by atoms with van der Waals surface area (Å²) < 4.78 is 7.06. The van der Waals surface area contributed by atoms with Gasteiger partial charge >= 0.3 is 0 Å². The van der Waals surface area contributed by atoms with Crippen LogP contribution in [0.1, 0.15) is 29.8 Å². The van der Waals surface area contributed by atoms with Crippen LogP contribution in [-0.4, -0.2) is 37.7 Å². The third-order valence-electron chi connectivity index (χ3n) is 4.17. The van der Waals surface area contributed by atoms with Crippen LogP contribution < -0.4 is 10.1 Å². The number of hydrogen-bond acceptors (Lipinski definition) is 4. The molecule has 0 bridgehead atoms. The van der Waals surface area contributed by atoms with Gasteiger partial charge in [0.05, 0.1) is 16.4 Å². The number of benzene rings is 1. The molecule has 3 nitrogen and oxygen atoms in total. The Kier molecular flexibility index (Phi) is 6.58. The first-order valence-corrected chi connectivity index (χ1v) is 10.3. The number of nitrogens with one attached hydrogen (secondary N) is 1. The SMILES string of the molecule is CCOc1ccc(Cl)cc1C(c1ccc(Br)s1)N1CCCNCC1. The van der Waals surface area contributed by atoms with Crippen molar-refractivity contribution in [2.24, 2.45) is 0 Å². The third kappa shape index (κ3) is 4.33. The van der Waals surface area contributed by atoms with E-state index in [-0.39, 0.29) is 6.04 Å². The van der Waals surface area contributed by atoms with Gasteiger partial charge in [-0.3, -0.25) is 4.90 Å². The largest absolute Gasteiger partial charge is 0.494 e. The van der Waals surface area contributed by atoms with Gasteiger partial charge in [-0.2, -0.15) is 0 Å². The number of hydrogen-bond donors (Lipinski definition) is 1. The van der Waals surface area contributed by atoms with E-state index < -0.39 is 0 Å². The van der Waals surface area contributed by atoms with E-state index in [2.05, 4.69) is 44.3 Å². The van der Waals surface area contributed by atoms with Crippen LogP contribution in [0.2, 0.25) is 5.02 Å². The van der Waals surface area contributed by atoms with Crippen molar-refractivity contribution >= 4 is 38.9 Å². The first-order chi connectivity index (χ1) is 11.7. The molecule has 1 fully saturated rings. The van der Waals surface area contributed by atoms with Gasteiger partial charge in [0, 0.05) is 35.1 Å². The molecule has 1 aromatic carbocycles. The maximum absolute atomic E-state index is 6.33. The summed E-state index contributed by atoms with van der Waals surface area (Å²) in [5.41, 5.74) is 1.15. The van der Waals surface area contributed by atoms with Crippen LogP contribution in [0.25, 0.3) is 0 Å². The fourth-order valence-electron chi connectivity index (χ4n) is 3.15. The summed E-state index contributed by atoms with van der Waals surface area (Å²) in [6.07, 6.45) is 1.15. The monoisotopic (exact) mass is 428 g/mol. The molecule has 1 unspecified atom stereocenters. The molecule has 2 heterocycles. The maximum atomic E-state index is 6.33. The van der Waals surface area contributed by atoms with E-state index in [0.29, 0.717) is 6.61 Å². The molecule has 0 aliphatic carbocycles. The highest BCUT2D eigenvalue weighted by Crippen LogP contribution is 2.40. The van der Waals surface area contributed by atoms with Gasteiger partial charge < -0.3 is 10.1 Å². The van der Waals surface area contributed by atoms with Crippen LogP contribution in [0.15, 0.2) is 34.1 Å². The van der Waals surface area contributed by atoms with E-state index in [1.807, 2.05) is 19.1 Å². The van der Waals surface area contributed by atoms with Gasteiger partial charge in [-0.25, -0.2) is 0 Å². The number of ether oxygens (including phenoxy) is 1. The summed E-state index contributed by atoms with van der Waals surface area (Å²) in [5.74, 6) is 0.925. The molecule has 1 N–H and O–H groups in total. The molecular formula is C18H22BrClN2OS. The Labute approximate surface area is 161 Å². The molecule has 1 atom stereocenters. The minimum absolute atomic E-state index is 0.168. The molecule has 0 radical (unpaired) electrons. The zero-order valence-electron chi connectivity index (χ0n) is 13.7. The zero-order chi connectivity index (χ0) is 16.9. The Morgan fingerprint density at radius 2 is 2.17 bits per heavy atom. The highest BCUT2D eigenvalue weighted by atomic mass is 79.9. The topological polar surface area (TPSA) is 24.5 Å². The maximum Gasteiger partial charge on any atom is 0.124 e. The lowest BCUT2D eigenvalue weighted by atomic mass is 10.0. The normalized spacial score (nSPS) is 17.5. The Balaban J connectivity index is 2.05. The molecule has 1 aliphatic rings. The van der Waals surface area contributed by atoms with Crippen molar-refractivity contribution in [1.29, 1.82) is 0 Å². The second-order valence-corrected chi connectivity index (χ2v) is 8.73. The van der Waals surface area contributed by atoms with E-state index in [0.717, 1.165) is 52.7 Å². The summed E-state index contributed by atoms with van der Waals surface area (Å²) in [6, 6.07) is 10.4. The zero-order valence-corrected chi connectivity index (χ0v) is 16.9. The molecule has 3 rings (SSSR count). The average Bonchev–Trinajstić information content (AvgIpc) is 2.82. The molecule has 2 aromatic rings. The van der Waals surface area contributed by atoms with Gasteiger partial charge in [-0.05, 0) is 66.2 Å². The van der Waals surface area contributed by atoms with Crippen LogP contribution in [-0.2, 0) is 0 Å². The van der Waals surface area contributed by atoms with Crippen LogP contribution in [0.5, 0.6) is 5.75 Å². The number of nitrogens with zero attached hydrogens (tertiary/aromatic N) is 1. The second-order valence-electron chi connectivity index (χ2n) is 5.80. The van der Waals surface area contributed by atoms with E-state index in [4.69, 9.17) is 16.3 Å². The minimum atomic E-state index is 0.168. The van der Waals surface area contributed by atoms with Crippen LogP contribution in [0.4, 0.5) is 0 Å². The van der Waals surface area contributed by atoms with Crippen molar-refractivity contribution in [3.05, 3.63) is 49.6 Å². The van der Waals surface area contributed by atoms with Gasteiger partial charge in [-0.15, -0.1) is 11.3 Å². The smallest absolute Gasteiger partial charge is 0.124 e. The van der Waals surface area contributed by atoms with Gasteiger partial charge in [-0.1, -0.05) is 11.6 Å². The summed E-state index contributed by atoms with van der Waals surface area (Å²) in [7, 11) is 0. The lowest BCUT2D eigenvalue weighted by molar-refractivity contribution is 0.236. The molecule has 0 saturated carbocycles. The molecule has 1 aromatic heterocycles. The van der Waals surface area contributed by atoms with Crippen molar-refractivity contribution in [3.63, 3.8) is 0 Å². The van der Waals surface area contributed by atoms with Crippen molar-refractivity contribution < 1.29 is 4.74 Å². The molecule has 1 saturated heterocycles. The van der Waals surface area contributed by atoms with Gasteiger partial charge in [0.15, 0.2) is 0 Å². The molecule has 130 valence electrons. The first kappa shape index (κ1) is 18.2. The summed E-state index contributed by atoms with van der Waals surface area (Å²) in [5, 5.41) is 4.24. The number of halogens is 2. The quantitative estimate of drug-likeness (QED) is 0.728. The number of thiophene rings is 1. The Morgan fingerprint density at radius 3 is 2.92 bits per heavy atom. The summed E-state index contributed by atoms with van der Waals surface area (Å²) in [6.45, 7) is 6.82. The highest BCUT2D eigenvalue weighted by Gasteiger charge is 2.27. The molecule has 1 aliphatic heterocycles. The molecule has 0 spiro atoms. The minimum Gasteiger partial charge on any atom is -0.494 e. The van der Waals surface area contributed by atoms with Crippen molar-refractivity contribution in [3.8, 4) is 5.75 Å². The van der Waals surface area contributed by atoms with Crippen LogP contribution >= 0.6 is 38.9 Å². The third-order valence-corrected chi connectivity index (χ3v) is 6.08. The van der Waals surface area contributed by atoms with Gasteiger partial charge in [0.2, 0.25) is 0 Å².